The van der Waals surface area contributed by atoms with Crippen molar-refractivity contribution in [2.75, 3.05) is 5.32 Å². The van der Waals surface area contributed by atoms with Crippen molar-refractivity contribution in [3.63, 3.8) is 0 Å². The SMILES string of the molecule is O=CNc1c([N+](=O)[O-])ccc(Br)c1C(F)(F)F. The van der Waals surface area contributed by atoms with Gasteiger partial charge in [-0.05, 0) is 6.07 Å². The summed E-state index contributed by atoms with van der Waals surface area (Å²) in [6, 6.07) is 1.77. The van der Waals surface area contributed by atoms with Gasteiger partial charge in [-0.2, -0.15) is 13.2 Å². The molecular formula is C8H4BrF3N2O3. The number of anilines is 1. The number of amides is 1. The van der Waals surface area contributed by atoms with Gasteiger partial charge in [-0.15, -0.1) is 0 Å². The van der Waals surface area contributed by atoms with Gasteiger partial charge in [-0.1, -0.05) is 15.9 Å². The summed E-state index contributed by atoms with van der Waals surface area (Å²) in [4.78, 5) is 19.8. The number of carbonyl (C=O) groups excluding carboxylic acids is 1. The Hall–Kier alpha value is -1.64. The lowest BCUT2D eigenvalue weighted by molar-refractivity contribution is -0.384. The van der Waals surface area contributed by atoms with Crippen molar-refractivity contribution in [2.45, 2.75) is 6.18 Å². The summed E-state index contributed by atoms with van der Waals surface area (Å²) in [5.74, 6) is 0. The van der Waals surface area contributed by atoms with Gasteiger partial charge < -0.3 is 5.32 Å². The highest BCUT2D eigenvalue weighted by Gasteiger charge is 2.39. The van der Waals surface area contributed by atoms with E-state index in [9.17, 15) is 28.1 Å². The molecule has 0 atom stereocenters. The minimum Gasteiger partial charge on any atom is -0.322 e. The Kier molecular flexibility index (Phi) is 3.71. The Bertz CT molecular complexity index is 476. The summed E-state index contributed by atoms with van der Waals surface area (Å²) in [5.41, 5.74) is -3.00. The lowest BCUT2D eigenvalue weighted by Crippen LogP contribution is -2.12. The van der Waals surface area contributed by atoms with Crippen LogP contribution in [0.2, 0.25) is 0 Å². The number of benzene rings is 1. The molecule has 5 nitrogen and oxygen atoms in total. The van der Waals surface area contributed by atoms with Crippen LogP contribution in [-0.2, 0) is 11.0 Å². The maximum absolute atomic E-state index is 12.7. The Balaban J connectivity index is 3.59. The van der Waals surface area contributed by atoms with Crippen LogP contribution in [0.1, 0.15) is 5.56 Å². The molecule has 0 aliphatic carbocycles. The molecule has 1 amide bonds. The molecule has 0 fully saturated rings. The maximum atomic E-state index is 12.7. The van der Waals surface area contributed by atoms with E-state index in [1.807, 2.05) is 0 Å². The van der Waals surface area contributed by atoms with E-state index >= 15 is 0 Å². The summed E-state index contributed by atoms with van der Waals surface area (Å²) in [5, 5.41) is 12.3. The largest absolute Gasteiger partial charge is 0.419 e. The summed E-state index contributed by atoms with van der Waals surface area (Å²) in [6.45, 7) is 0. The number of hydrogen-bond acceptors (Lipinski definition) is 3. The molecule has 1 aromatic rings. The normalized spacial score (nSPS) is 11.1. The molecule has 0 aliphatic heterocycles. The average molecular weight is 313 g/mol. The third-order valence-corrected chi connectivity index (χ3v) is 2.48. The Morgan fingerprint density at radius 3 is 2.41 bits per heavy atom. The number of rotatable bonds is 3. The summed E-state index contributed by atoms with van der Waals surface area (Å²) < 4.78 is 37.6. The fourth-order valence-corrected chi connectivity index (χ4v) is 1.76. The number of alkyl halides is 3. The van der Waals surface area contributed by atoms with Crippen molar-refractivity contribution in [3.8, 4) is 0 Å². The van der Waals surface area contributed by atoms with Gasteiger partial charge in [-0.3, -0.25) is 14.9 Å². The zero-order valence-corrected chi connectivity index (χ0v) is 9.50. The number of nitro groups is 1. The number of carbonyl (C=O) groups is 1. The van der Waals surface area contributed by atoms with Crippen LogP contribution in [0, 0.1) is 10.1 Å². The van der Waals surface area contributed by atoms with E-state index in [-0.39, 0.29) is 10.9 Å². The van der Waals surface area contributed by atoms with Crippen molar-refractivity contribution in [1.29, 1.82) is 0 Å². The molecule has 0 bridgehead atoms. The van der Waals surface area contributed by atoms with Gasteiger partial charge in [0.15, 0.2) is 0 Å². The van der Waals surface area contributed by atoms with Crippen LogP contribution < -0.4 is 5.32 Å². The summed E-state index contributed by atoms with van der Waals surface area (Å²) in [7, 11) is 0. The summed E-state index contributed by atoms with van der Waals surface area (Å²) >= 11 is 2.64. The van der Waals surface area contributed by atoms with E-state index in [0.717, 1.165) is 12.1 Å². The topological polar surface area (TPSA) is 72.2 Å². The van der Waals surface area contributed by atoms with Crippen LogP contribution in [0.25, 0.3) is 0 Å². The molecule has 0 saturated heterocycles. The molecule has 9 heteroatoms. The maximum Gasteiger partial charge on any atom is 0.419 e. The van der Waals surface area contributed by atoms with E-state index in [1.165, 1.54) is 0 Å². The molecule has 0 unspecified atom stereocenters. The van der Waals surface area contributed by atoms with Gasteiger partial charge >= 0.3 is 6.18 Å². The smallest absolute Gasteiger partial charge is 0.322 e. The second-order valence-electron chi connectivity index (χ2n) is 2.83. The van der Waals surface area contributed by atoms with Crippen molar-refractivity contribution in [3.05, 3.63) is 32.3 Å². The first-order valence-corrected chi connectivity index (χ1v) is 4.82. The molecule has 0 aliphatic rings. The number of nitrogens with zero attached hydrogens (tertiary/aromatic N) is 1. The minimum absolute atomic E-state index is 0.0516. The van der Waals surface area contributed by atoms with Crippen LogP contribution in [0.15, 0.2) is 16.6 Å². The van der Waals surface area contributed by atoms with Gasteiger partial charge in [0.25, 0.3) is 5.69 Å². The number of hydrogen-bond donors (Lipinski definition) is 1. The van der Waals surface area contributed by atoms with Crippen LogP contribution in [-0.4, -0.2) is 11.3 Å². The average Bonchev–Trinajstić information content (AvgIpc) is 2.15. The van der Waals surface area contributed by atoms with Crippen LogP contribution in [0.5, 0.6) is 0 Å². The molecule has 0 saturated carbocycles. The lowest BCUT2D eigenvalue weighted by atomic mass is 10.1. The minimum atomic E-state index is -4.82. The van der Waals surface area contributed by atoms with Crippen molar-refractivity contribution >= 4 is 33.7 Å². The first-order valence-electron chi connectivity index (χ1n) is 4.03. The van der Waals surface area contributed by atoms with Crippen LogP contribution in [0.4, 0.5) is 24.5 Å². The molecular weight excluding hydrogens is 309 g/mol. The van der Waals surface area contributed by atoms with Gasteiger partial charge in [-0.25, -0.2) is 0 Å². The summed E-state index contributed by atoms with van der Waals surface area (Å²) in [6.07, 6.45) is -4.87. The molecule has 1 aromatic carbocycles. The van der Waals surface area contributed by atoms with E-state index in [4.69, 9.17) is 0 Å². The highest BCUT2D eigenvalue weighted by molar-refractivity contribution is 9.10. The predicted octanol–water partition coefficient (Wildman–Crippen LogP) is 2.94. The molecule has 0 heterocycles. The Labute approximate surface area is 101 Å². The first-order chi connectivity index (χ1) is 7.79. The second-order valence-corrected chi connectivity index (χ2v) is 3.69. The monoisotopic (exact) mass is 312 g/mol. The zero-order valence-electron chi connectivity index (χ0n) is 7.92. The van der Waals surface area contributed by atoms with Crippen molar-refractivity contribution in [1.82, 2.24) is 0 Å². The van der Waals surface area contributed by atoms with Crippen LogP contribution >= 0.6 is 15.9 Å². The molecule has 92 valence electrons. The van der Waals surface area contributed by atoms with Gasteiger partial charge in [0.05, 0.1) is 4.92 Å². The molecule has 1 rings (SSSR count). The molecule has 17 heavy (non-hydrogen) atoms. The first kappa shape index (κ1) is 13.4. The molecule has 0 spiro atoms. The Morgan fingerprint density at radius 2 is 2.00 bits per heavy atom. The number of halogens is 4. The highest BCUT2D eigenvalue weighted by atomic mass is 79.9. The van der Waals surface area contributed by atoms with E-state index < -0.39 is 28.0 Å². The second kappa shape index (κ2) is 4.70. The quantitative estimate of drug-likeness (QED) is 0.530. The van der Waals surface area contributed by atoms with Crippen molar-refractivity contribution < 1.29 is 22.9 Å². The number of nitro benzene ring substituents is 1. The molecule has 0 aromatic heterocycles. The van der Waals surface area contributed by atoms with E-state index in [0.29, 0.717) is 0 Å². The fraction of sp³-hybridized carbons (Fsp3) is 0.125. The third-order valence-electron chi connectivity index (χ3n) is 1.82. The van der Waals surface area contributed by atoms with Gasteiger partial charge in [0.2, 0.25) is 6.41 Å². The Morgan fingerprint density at radius 1 is 1.41 bits per heavy atom. The zero-order chi connectivity index (χ0) is 13.2. The van der Waals surface area contributed by atoms with Crippen molar-refractivity contribution in [2.24, 2.45) is 0 Å². The van der Waals surface area contributed by atoms with E-state index in [1.54, 1.807) is 5.32 Å². The number of nitrogens with one attached hydrogen (secondary N) is 1. The fourth-order valence-electron chi connectivity index (χ4n) is 1.20. The lowest BCUT2D eigenvalue weighted by Gasteiger charge is -2.13. The standard InChI is InChI=1S/C8H4BrF3N2O3/c9-4-1-2-5(14(16)17)7(13-3-15)6(4)8(10,11)12/h1-3H,(H,13,15). The third kappa shape index (κ3) is 2.73. The van der Waals surface area contributed by atoms with Gasteiger partial charge in [0.1, 0.15) is 11.3 Å². The predicted molar refractivity (Wildman–Crippen MR) is 55.5 cm³/mol. The van der Waals surface area contributed by atoms with E-state index in [2.05, 4.69) is 15.9 Å². The van der Waals surface area contributed by atoms with Gasteiger partial charge in [0, 0.05) is 10.5 Å². The molecule has 0 radical (unpaired) electrons. The highest BCUT2D eigenvalue weighted by Crippen LogP contribution is 2.43. The van der Waals surface area contributed by atoms with Crippen LogP contribution in [0.3, 0.4) is 0 Å². The molecule has 1 N–H and O–H groups in total.